The predicted octanol–water partition coefficient (Wildman–Crippen LogP) is 4.26. The van der Waals surface area contributed by atoms with Gasteiger partial charge in [0, 0.05) is 5.75 Å². The molecule has 0 aliphatic carbocycles. The van der Waals surface area contributed by atoms with Crippen molar-refractivity contribution in [2.45, 2.75) is 10.9 Å². The summed E-state index contributed by atoms with van der Waals surface area (Å²) in [6, 6.07) is 15.5. The van der Waals surface area contributed by atoms with E-state index in [9.17, 15) is 0 Å². The van der Waals surface area contributed by atoms with Crippen LogP contribution < -0.4 is 0 Å². The van der Waals surface area contributed by atoms with Gasteiger partial charge in [0.15, 0.2) is 0 Å². The SMILES string of the molecule is Clc1cccc(-n2nnnc2SCc2ccccc2)c1Cl. The van der Waals surface area contributed by atoms with Gasteiger partial charge in [0.2, 0.25) is 5.16 Å². The van der Waals surface area contributed by atoms with Gasteiger partial charge >= 0.3 is 0 Å². The quantitative estimate of drug-likeness (QED) is 0.667. The Bertz CT molecular complexity index is 746. The molecule has 0 N–H and O–H groups in total. The van der Waals surface area contributed by atoms with E-state index in [0.29, 0.717) is 20.9 Å². The van der Waals surface area contributed by atoms with Gasteiger partial charge in [-0.05, 0) is 28.1 Å². The van der Waals surface area contributed by atoms with Crippen molar-refractivity contribution >= 4 is 35.0 Å². The van der Waals surface area contributed by atoms with E-state index in [1.54, 1.807) is 22.5 Å². The van der Waals surface area contributed by atoms with Crippen molar-refractivity contribution in [1.29, 1.82) is 0 Å². The average Bonchev–Trinajstić information content (AvgIpc) is 2.97. The van der Waals surface area contributed by atoms with E-state index in [-0.39, 0.29) is 0 Å². The van der Waals surface area contributed by atoms with Crippen molar-refractivity contribution in [3.8, 4) is 5.69 Å². The van der Waals surface area contributed by atoms with Crippen LogP contribution in [-0.4, -0.2) is 20.2 Å². The van der Waals surface area contributed by atoms with Crippen molar-refractivity contribution in [1.82, 2.24) is 20.2 Å². The fourth-order valence-corrected chi connectivity index (χ4v) is 3.01. The van der Waals surface area contributed by atoms with Crippen LogP contribution in [-0.2, 0) is 5.75 Å². The summed E-state index contributed by atoms with van der Waals surface area (Å²) in [6.45, 7) is 0. The minimum Gasteiger partial charge on any atom is -0.186 e. The second-order valence-electron chi connectivity index (χ2n) is 4.22. The first kappa shape index (κ1) is 14.4. The van der Waals surface area contributed by atoms with Crippen LogP contribution in [0.3, 0.4) is 0 Å². The second-order valence-corrected chi connectivity index (χ2v) is 5.95. The van der Waals surface area contributed by atoms with Crippen LogP contribution in [0.4, 0.5) is 0 Å². The number of hydrogen-bond acceptors (Lipinski definition) is 4. The maximum absolute atomic E-state index is 6.22. The minimum atomic E-state index is 0.438. The van der Waals surface area contributed by atoms with Crippen molar-refractivity contribution < 1.29 is 0 Å². The maximum atomic E-state index is 6.22. The van der Waals surface area contributed by atoms with E-state index in [1.165, 1.54) is 5.56 Å². The first-order chi connectivity index (χ1) is 10.3. The molecule has 1 aromatic heterocycles. The molecule has 0 fully saturated rings. The number of thioether (sulfide) groups is 1. The molecule has 3 aromatic rings. The Hall–Kier alpha value is -1.56. The lowest BCUT2D eigenvalue weighted by atomic mass is 10.2. The van der Waals surface area contributed by atoms with Crippen LogP contribution in [0.5, 0.6) is 0 Å². The van der Waals surface area contributed by atoms with Crippen LogP contribution in [0.1, 0.15) is 5.56 Å². The largest absolute Gasteiger partial charge is 0.214 e. The Morgan fingerprint density at radius 3 is 2.62 bits per heavy atom. The minimum absolute atomic E-state index is 0.438. The molecule has 0 bridgehead atoms. The van der Waals surface area contributed by atoms with Gasteiger partial charge in [0.05, 0.1) is 15.7 Å². The zero-order valence-corrected chi connectivity index (χ0v) is 13.1. The molecule has 0 amide bonds. The Morgan fingerprint density at radius 1 is 1.00 bits per heavy atom. The molecule has 1 heterocycles. The van der Waals surface area contributed by atoms with Crippen molar-refractivity contribution in [2.75, 3.05) is 0 Å². The third-order valence-corrected chi connectivity index (χ3v) is 4.61. The number of tetrazole rings is 1. The Balaban J connectivity index is 1.86. The van der Waals surface area contributed by atoms with E-state index in [2.05, 4.69) is 27.7 Å². The van der Waals surface area contributed by atoms with Crippen LogP contribution in [0, 0.1) is 0 Å². The molecule has 0 aliphatic heterocycles. The van der Waals surface area contributed by atoms with Gasteiger partial charge in [0.1, 0.15) is 0 Å². The fourth-order valence-electron chi connectivity index (χ4n) is 1.80. The van der Waals surface area contributed by atoms with E-state index in [4.69, 9.17) is 23.2 Å². The highest BCUT2D eigenvalue weighted by atomic mass is 35.5. The third kappa shape index (κ3) is 3.20. The molecule has 0 atom stereocenters. The molecular formula is C14H10Cl2N4S. The maximum Gasteiger partial charge on any atom is 0.214 e. The lowest BCUT2D eigenvalue weighted by molar-refractivity contribution is 0.756. The fraction of sp³-hybridized carbons (Fsp3) is 0.0714. The molecule has 0 saturated heterocycles. The van der Waals surface area contributed by atoms with E-state index in [1.807, 2.05) is 30.3 Å². The summed E-state index contributed by atoms with van der Waals surface area (Å²) in [7, 11) is 0. The van der Waals surface area contributed by atoms with Crippen LogP contribution >= 0.6 is 35.0 Å². The van der Waals surface area contributed by atoms with E-state index < -0.39 is 0 Å². The molecule has 0 aliphatic rings. The molecule has 0 unspecified atom stereocenters. The summed E-state index contributed by atoms with van der Waals surface area (Å²) in [5.74, 6) is 0.777. The Labute approximate surface area is 136 Å². The lowest BCUT2D eigenvalue weighted by Crippen LogP contribution is -2.00. The summed E-state index contributed by atoms with van der Waals surface area (Å²) in [6.07, 6.45) is 0. The predicted molar refractivity (Wildman–Crippen MR) is 85.2 cm³/mol. The summed E-state index contributed by atoms with van der Waals surface area (Å²) >= 11 is 13.8. The van der Waals surface area contributed by atoms with Crippen LogP contribution in [0.15, 0.2) is 53.7 Å². The molecular weight excluding hydrogens is 327 g/mol. The normalized spacial score (nSPS) is 10.8. The smallest absolute Gasteiger partial charge is 0.186 e. The van der Waals surface area contributed by atoms with Crippen molar-refractivity contribution in [2.24, 2.45) is 0 Å². The highest BCUT2D eigenvalue weighted by molar-refractivity contribution is 7.98. The highest BCUT2D eigenvalue weighted by Crippen LogP contribution is 2.30. The molecule has 2 aromatic carbocycles. The van der Waals surface area contributed by atoms with Gasteiger partial charge in [0.25, 0.3) is 0 Å². The molecule has 106 valence electrons. The average molecular weight is 337 g/mol. The summed E-state index contributed by atoms with van der Waals surface area (Å²) in [4.78, 5) is 0. The molecule has 0 saturated carbocycles. The van der Waals surface area contributed by atoms with Crippen LogP contribution in [0.2, 0.25) is 10.0 Å². The Morgan fingerprint density at radius 2 is 1.81 bits per heavy atom. The van der Waals surface area contributed by atoms with Crippen molar-refractivity contribution in [3.63, 3.8) is 0 Å². The molecule has 4 nitrogen and oxygen atoms in total. The van der Waals surface area contributed by atoms with Gasteiger partial charge in [-0.15, -0.1) is 5.10 Å². The summed E-state index contributed by atoms with van der Waals surface area (Å²) in [5, 5.41) is 13.3. The first-order valence-electron chi connectivity index (χ1n) is 6.15. The zero-order chi connectivity index (χ0) is 14.7. The van der Waals surface area contributed by atoms with Crippen molar-refractivity contribution in [3.05, 3.63) is 64.1 Å². The molecule has 7 heteroatoms. The number of nitrogens with zero attached hydrogens (tertiary/aromatic N) is 4. The lowest BCUT2D eigenvalue weighted by Gasteiger charge is -2.07. The number of rotatable bonds is 4. The number of halogens is 2. The monoisotopic (exact) mass is 336 g/mol. The third-order valence-electron chi connectivity index (χ3n) is 2.81. The molecule has 3 rings (SSSR count). The van der Waals surface area contributed by atoms with Gasteiger partial charge in [-0.25, -0.2) is 0 Å². The van der Waals surface area contributed by atoms with Gasteiger partial charge in [-0.1, -0.05) is 71.4 Å². The number of aromatic nitrogens is 4. The van der Waals surface area contributed by atoms with E-state index in [0.717, 1.165) is 5.75 Å². The number of benzene rings is 2. The zero-order valence-electron chi connectivity index (χ0n) is 10.8. The number of hydrogen-bond donors (Lipinski definition) is 0. The summed E-state index contributed by atoms with van der Waals surface area (Å²) in [5.41, 5.74) is 1.87. The van der Waals surface area contributed by atoms with Gasteiger partial charge in [-0.2, -0.15) is 4.68 Å². The first-order valence-corrected chi connectivity index (χ1v) is 7.89. The van der Waals surface area contributed by atoms with E-state index >= 15 is 0 Å². The topological polar surface area (TPSA) is 43.6 Å². The van der Waals surface area contributed by atoms with Gasteiger partial charge in [-0.3, -0.25) is 0 Å². The molecule has 0 spiro atoms. The second kappa shape index (κ2) is 6.47. The molecule has 0 radical (unpaired) electrons. The summed E-state index contributed by atoms with van der Waals surface area (Å²) < 4.78 is 1.60. The van der Waals surface area contributed by atoms with Gasteiger partial charge < -0.3 is 0 Å². The molecule has 21 heavy (non-hydrogen) atoms. The van der Waals surface area contributed by atoms with Crippen LogP contribution in [0.25, 0.3) is 5.69 Å². The highest BCUT2D eigenvalue weighted by Gasteiger charge is 2.13. The Kier molecular flexibility index (Phi) is 4.43. The standard InChI is InChI=1S/C14H10Cl2N4S/c15-11-7-4-8-12(13(11)16)20-14(17-18-19-20)21-9-10-5-2-1-3-6-10/h1-8H,9H2.